The summed E-state index contributed by atoms with van der Waals surface area (Å²) >= 11 is 0. The van der Waals surface area contributed by atoms with Crippen LogP contribution in [0.4, 0.5) is 34.1 Å². The summed E-state index contributed by atoms with van der Waals surface area (Å²) in [4.78, 5) is 4.93. The van der Waals surface area contributed by atoms with Crippen molar-refractivity contribution in [2.45, 2.75) is 0 Å². The average Bonchev–Trinajstić information content (AvgIpc) is 3.80. The topological polar surface area (TPSA) is 29.9 Å². The second kappa shape index (κ2) is 15.5. The van der Waals surface area contributed by atoms with Gasteiger partial charge in [-0.25, -0.2) is 0 Å². The quantitative estimate of drug-likeness (QED) is 0.161. The van der Waals surface area contributed by atoms with Crippen LogP contribution in [-0.4, -0.2) is 18.0 Å². The summed E-state index contributed by atoms with van der Waals surface area (Å²) in [6, 6.07) is 90.4. The number of benzene rings is 11. The van der Waals surface area contributed by atoms with E-state index in [1.54, 1.807) is 0 Å². The molecule has 5 nitrogen and oxygen atoms in total. The van der Waals surface area contributed by atoms with Gasteiger partial charge in [-0.2, -0.15) is 0 Å². The molecular formula is C66H41B2N3O2. The molecule has 0 N–H and O–H groups in total. The van der Waals surface area contributed by atoms with Crippen molar-refractivity contribution in [1.82, 2.24) is 4.57 Å². The van der Waals surface area contributed by atoms with Crippen LogP contribution in [0.2, 0.25) is 0 Å². The summed E-state index contributed by atoms with van der Waals surface area (Å²) in [7, 11) is 0. The van der Waals surface area contributed by atoms with E-state index < -0.39 is 0 Å². The molecule has 0 amide bonds. The molecule has 4 aliphatic rings. The molecule has 73 heavy (non-hydrogen) atoms. The zero-order valence-electron chi connectivity index (χ0n) is 39.5. The van der Waals surface area contributed by atoms with E-state index in [9.17, 15) is 0 Å². The normalized spacial score (nSPS) is 13.3. The second-order valence-electron chi connectivity index (χ2n) is 19.5. The Hall–Kier alpha value is -9.45. The number of nitrogens with zero attached hydrogens (tertiary/aromatic N) is 3. The predicted octanol–water partition coefficient (Wildman–Crippen LogP) is 12.9. The van der Waals surface area contributed by atoms with Crippen molar-refractivity contribution < 1.29 is 9.47 Å². The van der Waals surface area contributed by atoms with E-state index in [-0.39, 0.29) is 13.4 Å². The molecule has 338 valence electrons. The smallest absolute Gasteiger partial charge is 0.256 e. The first-order valence-electron chi connectivity index (χ1n) is 25.1. The second-order valence-corrected chi connectivity index (χ2v) is 19.5. The van der Waals surface area contributed by atoms with Gasteiger partial charge in [0, 0.05) is 50.6 Å². The van der Waals surface area contributed by atoms with Gasteiger partial charge in [0.2, 0.25) is 0 Å². The minimum absolute atomic E-state index is 0.0608. The maximum atomic E-state index is 6.81. The summed E-state index contributed by atoms with van der Waals surface area (Å²) in [5.74, 6) is 3.58. The Morgan fingerprint density at radius 1 is 0.274 bits per heavy atom. The Morgan fingerprint density at radius 3 is 1.11 bits per heavy atom. The van der Waals surface area contributed by atoms with Crippen LogP contribution in [0.25, 0.3) is 49.7 Å². The van der Waals surface area contributed by atoms with Gasteiger partial charge in [-0.15, -0.1) is 0 Å². The third-order valence-corrected chi connectivity index (χ3v) is 15.7. The fourth-order valence-electron chi connectivity index (χ4n) is 12.5. The molecule has 0 saturated heterocycles. The van der Waals surface area contributed by atoms with Gasteiger partial charge in [0.05, 0.1) is 11.0 Å². The number of hydrogen-bond donors (Lipinski definition) is 0. The van der Waals surface area contributed by atoms with E-state index >= 15 is 0 Å². The van der Waals surface area contributed by atoms with Crippen molar-refractivity contribution in [1.29, 1.82) is 0 Å². The van der Waals surface area contributed by atoms with E-state index in [1.807, 2.05) is 0 Å². The maximum Gasteiger partial charge on any atom is 0.256 e. The Bertz CT molecular complexity index is 3960. The summed E-state index contributed by atoms with van der Waals surface area (Å²) in [5.41, 5.74) is 22.0. The number of anilines is 6. The minimum Gasteiger partial charge on any atom is -0.458 e. The van der Waals surface area contributed by atoms with E-state index in [1.165, 1.54) is 65.8 Å². The van der Waals surface area contributed by atoms with Crippen LogP contribution in [-0.2, 0) is 0 Å². The molecule has 16 rings (SSSR count). The lowest BCUT2D eigenvalue weighted by Crippen LogP contribution is -2.59. The highest BCUT2D eigenvalue weighted by atomic mass is 16.5. The molecular weight excluding hydrogens is 888 g/mol. The molecule has 0 aliphatic carbocycles. The van der Waals surface area contributed by atoms with Crippen molar-refractivity contribution in [3.05, 3.63) is 249 Å². The van der Waals surface area contributed by atoms with Gasteiger partial charge >= 0.3 is 0 Å². The summed E-state index contributed by atoms with van der Waals surface area (Å²) < 4.78 is 16.1. The fraction of sp³-hybridized carbons (Fsp3) is 0. The van der Waals surface area contributed by atoms with Crippen LogP contribution < -0.4 is 52.1 Å². The van der Waals surface area contributed by atoms with Crippen LogP contribution >= 0.6 is 0 Å². The lowest BCUT2D eigenvalue weighted by atomic mass is 9.34. The molecule has 4 aliphatic heterocycles. The van der Waals surface area contributed by atoms with Crippen LogP contribution in [0, 0.1) is 0 Å². The molecule has 12 aromatic rings. The summed E-state index contributed by atoms with van der Waals surface area (Å²) in [5, 5.41) is 2.39. The first-order chi connectivity index (χ1) is 36.2. The zero-order chi connectivity index (χ0) is 47.7. The Kier molecular flexibility index (Phi) is 8.57. The van der Waals surface area contributed by atoms with Gasteiger partial charge in [-0.05, 0) is 140 Å². The maximum absolute atomic E-state index is 6.81. The molecule has 7 heteroatoms. The van der Waals surface area contributed by atoms with Gasteiger partial charge in [0.1, 0.15) is 23.0 Å². The molecule has 0 atom stereocenters. The van der Waals surface area contributed by atoms with E-state index in [4.69, 9.17) is 9.47 Å². The highest BCUT2D eigenvalue weighted by molar-refractivity contribution is 7.00. The number of ether oxygens (including phenoxy) is 2. The third kappa shape index (κ3) is 5.94. The molecule has 0 spiro atoms. The fourth-order valence-corrected chi connectivity index (χ4v) is 12.5. The lowest BCUT2D eigenvalue weighted by molar-refractivity contribution is 0.487. The third-order valence-electron chi connectivity index (χ3n) is 15.7. The highest BCUT2D eigenvalue weighted by Gasteiger charge is 2.44. The van der Waals surface area contributed by atoms with Crippen molar-refractivity contribution in [2.24, 2.45) is 0 Å². The Labute approximate surface area is 423 Å². The number of rotatable bonds is 5. The number of para-hydroxylation sites is 3. The van der Waals surface area contributed by atoms with E-state index in [0.29, 0.717) is 0 Å². The standard InChI is InChI=1S/C66H41B2N3O2/c1-4-16-42(17-5-1)44-30-34-47(35-31-44)69-55-24-14-28-63-65(55)67(51-22-10-12-26-61(51)72-63)53-38-49-50-39-54-60(41-58(50)71(57(49)40-59(53)69)46-20-8-3-9-21-46)70(48-36-32-45(33-37-48)43-18-6-2-7-19-43)56-25-15-29-64-66(56)68(54)52-23-11-13-27-62(52)73-64/h1-41H. The lowest BCUT2D eigenvalue weighted by Gasteiger charge is -2.40. The van der Waals surface area contributed by atoms with Gasteiger partial charge < -0.3 is 23.8 Å². The number of aromatic nitrogens is 1. The largest absolute Gasteiger partial charge is 0.458 e. The van der Waals surface area contributed by atoms with Crippen molar-refractivity contribution in [3.63, 3.8) is 0 Å². The van der Waals surface area contributed by atoms with Crippen LogP contribution in [0.1, 0.15) is 0 Å². The molecule has 0 fully saturated rings. The molecule has 11 aromatic carbocycles. The Balaban J connectivity index is 0.991. The monoisotopic (exact) mass is 929 g/mol. The summed E-state index contributed by atoms with van der Waals surface area (Å²) in [6.45, 7) is -0.122. The van der Waals surface area contributed by atoms with Crippen LogP contribution in [0.15, 0.2) is 249 Å². The molecule has 0 radical (unpaired) electrons. The van der Waals surface area contributed by atoms with E-state index in [2.05, 4.69) is 263 Å². The predicted molar refractivity (Wildman–Crippen MR) is 303 cm³/mol. The molecule has 0 saturated carbocycles. The van der Waals surface area contributed by atoms with E-state index in [0.717, 1.165) is 73.8 Å². The van der Waals surface area contributed by atoms with Crippen molar-refractivity contribution >= 4 is 102 Å². The molecule has 1 aromatic heterocycles. The van der Waals surface area contributed by atoms with Crippen LogP contribution in [0.3, 0.4) is 0 Å². The van der Waals surface area contributed by atoms with Crippen molar-refractivity contribution in [3.8, 4) is 50.9 Å². The highest BCUT2D eigenvalue weighted by Crippen LogP contribution is 2.47. The Morgan fingerprint density at radius 2 is 0.658 bits per heavy atom. The number of hydrogen-bond acceptors (Lipinski definition) is 4. The molecule has 0 bridgehead atoms. The SMILES string of the molecule is c1ccc(-c2ccc(N3c4cc5c(cc4B4c6ccccc6Oc6cccc3c64)c3cc4c(cc3n5-c3ccccc3)N(c3ccc(-c5ccccc5)cc3)c3cccc5c3B4c3ccccc3O5)cc2)cc1. The molecule has 0 unspecified atom stereocenters. The average molecular weight is 930 g/mol. The van der Waals surface area contributed by atoms with Gasteiger partial charge in [0.15, 0.2) is 0 Å². The first-order valence-corrected chi connectivity index (χ1v) is 25.1. The van der Waals surface area contributed by atoms with Gasteiger partial charge in [0.25, 0.3) is 13.4 Å². The van der Waals surface area contributed by atoms with Crippen molar-refractivity contribution in [2.75, 3.05) is 9.80 Å². The summed E-state index contributed by atoms with van der Waals surface area (Å²) in [6.07, 6.45) is 0. The number of fused-ring (bicyclic) bond motifs is 11. The zero-order valence-corrected chi connectivity index (χ0v) is 39.5. The minimum atomic E-state index is -0.0608. The first kappa shape index (κ1) is 40.3. The van der Waals surface area contributed by atoms with Crippen LogP contribution in [0.5, 0.6) is 23.0 Å². The molecule has 5 heterocycles. The van der Waals surface area contributed by atoms with Gasteiger partial charge in [-0.3, -0.25) is 0 Å². The van der Waals surface area contributed by atoms with Gasteiger partial charge in [-0.1, -0.05) is 164 Å².